The van der Waals surface area contributed by atoms with Crippen molar-refractivity contribution in [1.82, 2.24) is 5.43 Å². The van der Waals surface area contributed by atoms with E-state index in [9.17, 15) is 9.18 Å². The van der Waals surface area contributed by atoms with Crippen molar-refractivity contribution in [3.8, 4) is 11.5 Å². The zero-order valence-corrected chi connectivity index (χ0v) is 14.8. The van der Waals surface area contributed by atoms with Gasteiger partial charge in [-0.2, -0.15) is 5.10 Å². The molecule has 2 aromatic rings. The van der Waals surface area contributed by atoms with Crippen LogP contribution in [0.25, 0.3) is 0 Å². The first kappa shape index (κ1) is 17.9. The predicted molar refractivity (Wildman–Crippen MR) is 93.1 cm³/mol. The monoisotopic (exact) mass is 394 g/mol. The number of ether oxygens (including phenoxy) is 2. The summed E-state index contributed by atoms with van der Waals surface area (Å²) < 4.78 is 24.0. The van der Waals surface area contributed by atoms with Gasteiger partial charge in [0.25, 0.3) is 0 Å². The standard InChI is InChI=1S/C17H16BrFN2O3/c1-23-15-8-12(7-14(18)17(15)24-2)10-20-21-16(22)9-11-3-5-13(19)6-4-11/h3-8,10H,9H2,1-2H3,(H,21,22)/b20-10-. The van der Waals surface area contributed by atoms with Gasteiger partial charge in [-0.15, -0.1) is 0 Å². The van der Waals surface area contributed by atoms with Crippen molar-refractivity contribution in [2.75, 3.05) is 14.2 Å². The molecule has 1 amide bonds. The average Bonchev–Trinajstić information content (AvgIpc) is 2.56. The SMILES string of the molecule is COc1cc(/C=N\NC(=O)Cc2ccc(F)cc2)cc(Br)c1OC. The molecule has 1 N–H and O–H groups in total. The van der Waals surface area contributed by atoms with Gasteiger partial charge >= 0.3 is 0 Å². The fraction of sp³-hybridized carbons (Fsp3) is 0.176. The van der Waals surface area contributed by atoms with Gasteiger partial charge in [-0.3, -0.25) is 4.79 Å². The molecule has 0 atom stereocenters. The maximum atomic E-state index is 12.8. The molecule has 0 heterocycles. The Hall–Kier alpha value is -2.41. The van der Waals surface area contributed by atoms with Crippen LogP contribution >= 0.6 is 15.9 Å². The van der Waals surface area contributed by atoms with Gasteiger partial charge in [-0.25, -0.2) is 9.82 Å². The molecule has 0 aliphatic rings. The fourth-order valence-electron chi connectivity index (χ4n) is 2.02. The molecule has 0 bridgehead atoms. The highest BCUT2D eigenvalue weighted by molar-refractivity contribution is 9.10. The number of nitrogens with zero attached hydrogens (tertiary/aromatic N) is 1. The summed E-state index contributed by atoms with van der Waals surface area (Å²) in [6, 6.07) is 9.27. The minimum Gasteiger partial charge on any atom is -0.493 e. The number of hydrazone groups is 1. The van der Waals surface area contributed by atoms with Crippen molar-refractivity contribution in [3.05, 3.63) is 57.8 Å². The van der Waals surface area contributed by atoms with E-state index >= 15 is 0 Å². The molecule has 0 aliphatic heterocycles. The molecular weight excluding hydrogens is 379 g/mol. The largest absolute Gasteiger partial charge is 0.493 e. The number of methoxy groups -OCH3 is 2. The molecule has 126 valence electrons. The fourth-order valence-corrected chi connectivity index (χ4v) is 2.64. The van der Waals surface area contributed by atoms with E-state index in [0.717, 1.165) is 5.56 Å². The van der Waals surface area contributed by atoms with E-state index in [4.69, 9.17) is 9.47 Å². The minimum absolute atomic E-state index is 0.118. The van der Waals surface area contributed by atoms with Gasteiger partial charge in [0.2, 0.25) is 5.91 Å². The molecule has 0 saturated carbocycles. The number of carbonyl (C=O) groups is 1. The smallest absolute Gasteiger partial charge is 0.244 e. The summed E-state index contributed by atoms with van der Waals surface area (Å²) in [5.74, 6) is 0.495. The lowest BCUT2D eigenvalue weighted by Gasteiger charge is -2.10. The third-order valence-corrected chi connectivity index (χ3v) is 3.73. The van der Waals surface area contributed by atoms with Crippen LogP contribution in [-0.4, -0.2) is 26.3 Å². The Morgan fingerprint density at radius 3 is 2.58 bits per heavy atom. The Kier molecular flexibility index (Phi) is 6.31. The second-order valence-electron chi connectivity index (χ2n) is 4.83. The van der Waals surface area contributed by atoms with Crippen molar-refractivity contribution in [2.24, 2.45) is 5.10 Å². The van der Waals surface area contributed by atoms with Crippen LogP contribution in [0.4, 0.5) is 4.39 Å². The van der Waals surface area contributed by atoms with Crippen LogP contribution < -0.4 is 14.9 Å². The third kappa shape index (κ3) is 4.79. The van der Waals surface area contributed by atoms with Gasteiger partial charge in [0.15, 0.2) is 11.5 Å². The van der Waals surface area contributed by atoms with Gasteiger partial charge in [-0.05, 0) is 51.3 Å². The Morgan fingerprint density at radius 2 is 1.96 bits per heavy atom. The van der Waals surface area contributed by atoms with Crippen LogP contribution in [0.15, 0.2) is 46.0 Å². The summed E-state index contributed by atoms with van der Waals surface area (Å²) in [6.07, 6.45) is 1.61. The van der Waals surface area contributed by atoms with Gasteiger partial charge in [0, 0.05) is 0 Å². The van der Waals surface area contributed by atoms with Crippen molar-refractivity contribution >= 4 is 28.1 Å². The lowest BCUT2D eigenvalue weighted by atomic mass is 10.1. The number of hydrogen-bond donors (Lipinski definition) is 1. The van der Waals surface area contributed by atoms with E-state index < -0.39 is 0 Å². The summed E-state index contributed by atoms with van der Waals surface area (Å²) in [6.45, 7) is 0. The summed E-state index contributed by atoms with van der Waals surface area (Å²) >= 11 is 3.39. The molecular formula is C17H16BrFN2O3. The number of amides is 1. The zero-order valence-electron chi connectivity index (χ0n) is 13.2. The number of hydrogen-bond acceptors (Lipinski definition) is 4. The van der Waals surface area contributed by atoms with Gasteiger partial charge in [0.05, 0.1) is 31.3 Å². The molecule has 24 heavy (non-hydrogen) atoms. The minimum atomic E-state index is -0.337. The van der Waals surface area contributed by atoms with E-state index in [-0.39, 0.29) is 18.1 Å². The Morgan fingerprint density at radius 1 is 1.25 bits per heavy atom. The van der Waals surface area contributed by atoms with Crippen LogP contribution in [0.2, 0.25) is 0 Å². The first-order valence-corrected chi connectivity index (χ1v) is 7.80. The number of nitrogens with one attached hydrogen (secondary N) is 1. The maximum absolute atomic E-state index is 12.8. The van der Waals surface area contributed by atoms with Crippen LogP contribution in [0.5, 0.6) is 11.5 Å². The lowest BCUT2D eigenvalue weighted by Crippen LogP contribution is -2.19. The Labute approximate surface area is 147 Å². The van der Waals surface area contributed by atoms with Crippen molar-refractivity contribution < 1.29 is 18.7 Å². The first-order chi connectivity index (χ1) is 11.5. The predicted octanol–water partition coefficient (Wildman–Crippen LogP) is 3.30. The molecule has 0 spiro atoms. The molecule has 5 nitrogen and oxygen atoms in total. The molecule has 0 aromatic heterocycles. The molecule has 0 saturated heterocycles. The second-order valence-corrected chi connectivity index (χ2v) is 5.69. The maximum Gasteiger partial charge on any atom is 0.244 e. The summed E-state index contributed by atoms with van der Waals surface area (Å²) in [5.41, 5.74) is 3.86. The van der Waals surface area contributed by atoms with E-state index in [1.807, 2.05) is 0 Å². The summed E-state index contributed by atoms with van der Waals surface area (Å²) in [4.78, 5) is 11.8. The Bertz CT molecular complexity index is 748. The average molecular weight is 395 g/mol. The Balaban J connectivity index is 1.99. The van der Waals surface area contributed by atoms with E-state index in [1.54, 1.807) is 31.4 Å². The molecule has 2 aromatic carbocycles. The van der Waals surface area contributed by atoms with Crippen molar-refractivity contribution in [2.45, 2.75) is 6.42 Å². The summed E-state index contributed by atoms with van der Waals surface area (Å²) in [7, 11) is 3.09. The highest BCUT2D eigenvalue weighted by Gasteiger charge is 2.09. The number of halogens is 2. The van der Waals surface area contributed by atoms with Gasteiger partial charge in [0.1, 0.15) is 5.82 Å². The molecule has 0 radical (unpaired) electrons. The van der Waals surface area contributed by atoms with Gasteiger partial charge in [-0.1, -0.05) is 12.1 Å². The normalized spacial score (nSPS) is 10.7. The topological polar surface area (TPSA) is 59.9 Å². The summed E-state index contributed by atoms with van der Waals surface area (Å²) in [5, 5.41) is 3.91. The van der Waals surface area contributed by atoms with E-state index in [1.165, 1.54) is 25.5 Å². The molecule has 0 fully saturated rings. The second kappa shape index (κ2) is 8.44. The lowest BCUT2D eigenvalue weighted by molar-refractivity contribution is -0.120. The molecule has 7 heteroatoms. The van der Waals surface area contributed by atoms with E-state index in [2.05, 4.69) is 26.5 Å². The van der Waals surface area contributed by atoms with Crippen LogP contribution in [0.3, 0.4) is 0 Å². The van der Waals surface area contributed by atoms with Crippen molar-refractivity contribution in [3.63, 3.8) is 0 Å². The highest BCUT2D eigenvalue weighted by atomic mass is 79.9. The van der Waals surface area contributed by atoms with Crippen LogP contribution in [-0.2, 0) is 11.2 Å². The molecule has 0 unspecified atom stereocenters. The highest BCUT2D eigenvalue weighted by Crippen LogP contribution is 2.35. The van der Waals surface area contributed by atoms with Gasteiger partial charge < -0.3 is 9.47 Å². The number of carbonyl (C=O) groups excluding carboxylic acids is 1. The van der Waals surface area contributed by atoms with Crippen LogP contribution in [0, 0.1) is 5.82 Å². The quantitative estimate of drug-likeness (QED) is 0.603. The first-order valence-electron chi connectivity index (χ1n) is 7.01. The van der Waals surface area contributed by atoms with Crippen LogP contribution in [0.1, 0.15) is 11.1 Å². The number of benzene rings is 2. The molecule has 2 rings (SSSR count). The van der Waals surface area contributed by atoms with E-state index in [0.29, 0.717) is 21.5 Å². The van der Waals surface area contributed by atoms with Crippen molar-refractivity contribution in [1.29, 1.82) is 0 Å². The number of rotatable bonds is 6. The molecule has 0 aliphatic carbocycles. The third-order valence-electron chi connectivity index (χ3n) is 3.14. The zero-order chi connectivity index (χ0) is 17.5.